The molecule has 29 heavy (non-hydrogen) atoms. The van der Waals surface area contributed by atoms with Crippen LogP contribution in [0.25, 0.3) is 22.3 Å². The van der Waals surface area contributed by atoms with Crippen LogP contribution in [-0.2, 0) is 6.54 Å². The fourth-order valence-electron chi connectivity index (χ4n) is 3.15. The highest BCUT2D eigenvalue weighted by Crippen LogP contribution is 2.31. The third-order valence-corrected chi connectivity index (χ3v) is 4.54. The number of ether oxygens (including phenoxy) is 1. The van der Waals surface area contributed by atoms with E-state index in [2.05, 4.69) is 29.1 Å². The summed E-state index contributed by atoms with van der Waals surface area (Å²) < 4.78 is 7.76. The SMILES string of the molecule is CC(C)NCCn1nc(-c2ccc(Oc3ccccc3)cc2)c2c(N)ncnc21. The minimum atomic E-state index is 0.410. The maximum atomic E-state index is 6.17. The van der Waals surface area contributed by atoms with Crippen LogP contribution in [0.3, 0.4) is 0 Å². The van der Waals surface area contributed by atoms with Gasteiger partial charge in [0, 0.05) is 18.2 Å². The summed E-state index contributed by atoms with van der Waals surface area (Å²) >= 11 is 0. The van der Waals surface area contributed by atoms with E-state index in [9.17, 15) is 0 Å². The lowest BCUT2D eigenvalue weighted by Crippen LogP contribution is -2.27. The highest BCUT2D eigenvalue weighted by molar-refractivity contribution is 5.98. The van der Waals surface area contributed by atoms with E-state index in [4.69, 9.17) is 15.6 Å². The number of nitrogen functional groups attached to an aromatic ring is 1. The van der Waals surface area contributed by atoms with Gasteiger partial charge in [-0.1, -0.05) is 32.0 Å². The van der Waals surface area contributed by atoms with Crippen molar-refractivity contribution >= 4 is 16.9 Å². The first-order chi connectivity index (χ1) is 14.1. The Hall–Kier alpha value is -3.45. The van der Waals surface area contributed by atoms with E-state index in [0.29, 0.717) is 18.4 Å². The number of aromatic nitrogens is 4. The molecule has 0 atom stereocenters. The zero-order valence-electron chi connectivity index (χ0n) is 16.5. The normalized spacial score (nSPS) is 11.3. The molecule has 0 aliphatic carbocycles. The Morgan fingerprint density at radius 1 is 1.00 bits per heavy atom. The Morgan fingerprint density at radius 2 is 1.72 bits per heavy atom. The molecule has 0 unspecified atom stereocenters. The van der Waals surface area contributed by atoms with Crippen molar-refractivity contribution < 1.29 is 4.74 Å². The van der Waals surface area contributed by atoms with E-state index in [0.717, 1.165) is 40.3 Å². The second-order valence-corrected chi connectivity index (χ2v) is 7.08. The van der Waals surface area contributed by atoms with Gasteiger partial charge in [0.05, 0.1) is 11.9 Å². The highest BCUT2D eigenvalue weighted by Gasteiger charge is 2.17. The third kappa shape index (κ3) is 4.20. The van der Waals surface area contributed by atoms with Crippen LogP contribution in [0.15, 0.2) is 60.9 Å². The quantitative estimate of drug-likeness (QED) is 0.499. The zero-order chi connectivity index (χ0) is 20.2. The minimum Gasteiger partial charge on any atom is -0.457 e. The van der Waals surface area contributed by atoms with Gasteiger partial charge in [-0.2, -0.15) is 5.10 Å². The molecule has 2 aromatic heterocycles. The molecule has 4 aromatic rings. The topological polar surface area (TPSA) is 90.9 Å². The smallest absolute Gasteiger partial charge is 0.164 e. The monoisotopic (exact) mass is 388 g/mol. The molecule has 0 amide bonds. The van der Waals surface area contributed by atoms with Gasteiger partial charge in [0.2, 0.25) is 0 Å². The van der Waals surface area contributed by atoms with Crippen LogP contribution in [0.4, 0.5) is 5.82 Å². The van der Waals surface area contributed by atoms with Gasteiger partial charge in [-0.25, -0.2) is 14.6 Å². The van der Waals surface area contributed by atoms with Gasteiger partial charge < -0.3 is 15.8 Å². The van der Waals surface area contributed by atoms with Crippen LogP contribution in [0.2, 0.25) is 0 Å². The summed E-state index contributed by atoms with van der Waals surface area (Å²) in [6.07, 6.45) is 1.48. The summed E-state index contributed by atoms with van der Waals surface area (Å²) in [5, 5.41) is 8.96. The average Bonchev–Trinajstić information content (AvgIpc) is 3.09. The summed E-state index contributed by atoms with van der Waals surface area (Å²) in [5.74, 6) is 1.98. The van der Waals surface area contributed by atoms with E-state index < -0.39 is 0 Å². The first kappa shape index (κ1) is 18.9. The van der Waals surface area contributed by atoms with Crippen molar-refractivity contribution in [2.24, 2.45) is 0 Å². The number of nitrogens with two attached hydrogens (primary N) is 1. The molecule has 3 N–H and O–H groups in total. The first-order valence-corrected chi connectivity index (χ1v) is 9.65. The molecule has 0 aliphatic heterocycles. The number of hydrogen-bond donors (Lipinski definition) is 2. The third-order valence-electron chi connectivity index (χ3n) is 4.54. The molecule has 148 valence electrons. The van der Waals surface area contributed by atoms with E-state index in [1.807, 2.05) is 59.3 Å². The van der Waals surface area contributed by atoms with Crippen molar-refractivity contribution in [2.45, 2.75) is 26.4 Å². The standard InChI is InChI=1S/C22H24N6O/c1-15(2)24-12-13-28-22-19(21(23)25-14-26-22)20(27-28)16-8-10-18(11-9-16)29-17-6-4-3-5-7-17/h3-11,14-15,24H,12-13H2,1-2H3,(H2,23,25,26). The number of para-hydroxylation sites is 1. The molecule has 0 radical (unpaired) electrons. The highest BCUT2D eigenvalue weighted by atomic mass is 16.5. The Balaban J connectivity index is 1.64. The molecule has 4 rings (SSSR count). The summed E-state index contributed by atoms with van der Waals surface area (Å²) in [4.78, 5) is 8.58. The van der Waals surface area contributed by atoms with E-state index in [1.165, 1.54) is 6.33 Å². The van der Waals surface area contributed by atoms with Crippen LogP contribution < -0.4 is 15.8 Å². The number of rotatable bonds is 7. The lowest BCUT2D eigenvalue weighted by atomic mass is 10.1. The molecule has 0 saturated carbocycles. The molecule has 2 aromatic carbocycles. The van der Waals surface area contributed by atoms with Gasteiger partial charge in [0.1, 0.15) is 29.3 Å². The first-order valence-electron chi connectivity index (χ1n) is 9.65. The van der Waals surface area contributed by atoms with E-state index in [-0.39, 0.29) is 0 Å². The molecule has 2 heterocycles. The Bertz CT molecular complexity index is 1090. The largest absolute Gasteiger partial charge is 0.457 e. The van der Waals surface area contributed by atoms with Crippen molar-refractivity contribution in [3.8, 4) is 22.8 Å². The van der Waals surface area contributed by atoms with Crippen molar-refractivity contribution in [2.75, 3.05) is 12.3 Å². The maximum absolute atomic E-state index is 6.17. The van der Waals surface area contributed by atoms with Crippen LogP contribution >= 0.6 is 0 Å². The number of benzene rings is 2. The molecule has 0 saturated heterocycles. The molecule has 0 aliphatic rings. The minimum absolute atomic E-state index is 0.410. The predicted octanol–water partition coefficient (Wildman–Crippen LogP) is 3.87. The summed E-state index contributed by atoms with van der Waals surface area (Å²) in [7, 11) is 0. The van der Waals surface area contributed by atoms with Gasteiger partial charge in [0.15, 0.2) is 5.65 Å². The van der Waals surface area contributed by atoms with Gasteiger partial charge in [-0.3, -0.25) is 0 Å². The summed E-state index contributed by atoms with van der Waals surface area (Å²) in [6, 6.07) is 17.9. The average molecular weight is 388 g/mol. The Labute approximate surface area is 169 Å². The molecular weight excluding hydrogens is 364 g/mol. The molecular formula is C22H24N6O. The Kier molecular flexibility index (Phi) is 5.39. The lowest BCUT2D eigenvalue weighted by molar-refractivity contribution is 0.483. The molecule has 7 heteroatoms. The fraction of sp³-hybridized carbons (Fsp3) is 0.227. The summed E-state index contributed by atoms with van der Waals surface area (Å²) in [6.45, 7) is 5.72. The van der Waals surface area contributed by atoms with Crippen LogP contribution in [0, 0.1) is 0 Å². The van der Waals surface area contributed by atoms with Gasteiger partial charge in [-0.05, 0) is 36.4 Å². The number of fused-ring (bicyclic) bond motifs is 1. The van der Waals surface area contributed by atoms with Crippen molar-refractivity contribution in [1.82, 2.24) is 25.1 Å². The molecule has 0 bridgehead atoms. The summed E-state index contributed by atoms with van der Waals surface area (Å²) in [5.41, 5.74) is 8.62. The Morgan fingerprint density at radius 3 is 2.45 bits per heavy atom. The fourth-order valence-corrected chi connectivity index (χ4v) is 3.15. The van der Waals surface area contributed by atoms with E-state index in [1.54, 1.807) is 0 Å². The molecule has 0 spiro atoms. The molecule has 0 fully saturated rings. The van der Waals surface area contributed by atoms with Crippen molar-refractivity contribution in [1.29, 1.82) is 0 Å². The number of anilines is 1. The molecule has 7 nitrogen and oxygen atoms in total. The van der Waals surface area contributed by atoms with Gasteiger partial charge in [0.25, 0.3) is 0 Å². The van der Waals surface area contributed by atoms with Crippen molar-refractivity contribution in [3.05, 3.63) is 60.9 Å². The zero-order valence-corrected chi connectivity index (χ0v) is 16.5. The van der Waals surface area contributed by atoms with Crippen LogP contribution in [0.1, 0.15) is 13.8 Å². The number of hydrogen-bond acceptors (Lipinski definition) is 6. The second-order valence-electron chi connectivity index (χ2n) is 7.08. The maximum Gasteiger partial charge on any atom is 0.164 e. The second kappa shape index (κ2) is 8.28. The predicted molar refractivity (Wildman–Crippen MR) is 115 cm³/mol. The van der Waals surface area contributed by atoms with Crippen LogP contribution in [0.5, 0.6) is 11.5 Å². The lowest BCUT2D eigenvalue weighted by Gasteiger charge is -2.08. The van der Waals surface area contributed by atoms with Gasteiger partial charge >= 0.3 is 0 Å². The van der Waals surface area contributed by atoms with Crippen molar-refractivity contribution in [3.63, 3.8) is 0 Å². The number of nitrogens with one attached hydrogen (secondary N) is 1. The van der Waals surface area contributed by atoms with Gasteiger partial charge in [-0.15, -0.1) is 0 Å². The van der Waals surface area contributed by atoms with Crippen LogP contribution in [-0.4, -0.2) is 32.3 Å². The number of nitrogens with zero attached hydrogens (tertiary/aromatic N) is 4. The van der Waals surface area contributed by atoms with E-state index >= 15 is 0 Å².